The fourth-order valence-corrected chi connectivity index (χ4v) is 6.33. The van der Waals surface area contributed by atoms with Gasteiger partial charge in [0, 0.05) is 22.3 Å². The molecule has 2 N–H and O–H groups in total. The summed E-state index contributed by atoms with van der Waals surface area (Å²) < 4.78 is 30.4. The van der Waals surface area contributed by atoms with Crippen LogP contribution in [0.3, 0.4) is 0 Å². The largest absolute Gasteiger partial charge is 0.377 e. The Hall–Kier alpha value is -1.52. The van der Waals surface area contributed by atoms with E-state index >= 15 is 0 Å². The maximum Gasteiger partial charge on any atom is 0.244 e. The first-order valence-electron chi connectivity index (χ1n) is 8.52. The van der Waals surface area contributed by atoms with Crippen molar-refractivity contribution in [3.63, 3.8) is 0 Å². The topological polar surface area (TPSA) is 84.2 Å². The van der Waals surface area contributed by atoms with Crippen LogP contribution in [0.2, 0.25) is 0 Å². The van der Waals surface area contributed by atoms with Gasteiger partial charge in [-0.3, -0.25) is 4.68 Å². The van der Waals surface area contributed by atoms with E-state index in [9.17, 15) is 13.5 Å². The molecule has 146 valence electrons. The van der Waals surface area contributed by atoms with Gasteiger partial charge in [-0.05, 0) is 50.6 Å². The highest BCUT2D eigenvalue weighted by Crippen LogP contribution is 2.35. The number of nitrogens with zero attached hydrogens (tertiary/aromatic N) is 2. The minimum atomic E-state index is -3.83. The van der Waals surface area contributed by atoms with Crippen LogP contribution in [0.15, 0.2) is 39.9 Å². The van der Waals surface area contributed by atoms with Gasteiger partial charge in [0.15, 0.2) is 0 Å². The number of sulfonamides is 1. The molecule has 9 heteroatoms. The predicted molar refractivity (Wildman–Crippen MR) is 109 cm³/mol. The van der Waals surface area contributed by atoms with Crippen LogP contribution in [0.1, 0.15) is 41.0 Å². The standard InChI is InChI=1S/C18H23N3O3S3/c1-12(2)21-14(4)17(13(3)20-21)27(23,24)19-11-18(22,15-7-5-9-25-15)16-8-6-10-26-16/h5-10,12,19,22H,11H2,1-4H3. The monoisotopic (exact) mass is 425 g/mol. The quantitative estimate of drug-likeness (QED) is 0.607. The van der Waals surface area contributed by atoms with Gasteiger partial charge in [-0.1, -0.05) is 12.1 Å². The maximum absolute atomic E-state index is 13.0. The van der Waals surface area contributed by atoms with E-state index in [1.807, 2.05) is 48.9 Å². The molecule has 0 bridgehead atoms. The third-order valence-corrected chi connectivity index (χ3v) is 8.09. The predicted octanol–water partition coefficient (Wildman–Crippen LogP) is 3.42. The Kier molecular flexibility index (Phi) is 5.60. The highest BCUT2D eigenvalue weighted by Gasteiger charge is 2.36. The summed E-state index contributed by atoms with van der Waals surface area (Å²) >= 11 is 2.79. The molecule has 0 atom stereocenters. The van der Waals surface area contributed by atoms with Crippen molar-refractivity contribution >= 4 is 32.7 Å². The molecular formula is C18H23N3O3S3. The van der Waals surface area contributed by atoms with Crippen LogP contribution in [0, 0.1) is 13.8 Å². The Balaban J connectivity index is 1.95. The molecule has 0 fully saturated rings. The number of rotatable bonds is 7. The van der Waals surface area contributed by atoms with E-state index in [-0.39, 0.29) is 17.5 Å². The van der Waals surface area contributed by atoms with Crippen molar-refractivity contribution in [3.8, 4) is 0 Å². The second kappa shape index (κ2) is 7.48. The molecule has 6 nitrogen and oxygen atoms in total. The normalized spacial score (nSPS) is 12.8. The molecule has 0 radical (unpaired) electrons. The maximum atomic E-state index is 13.0. The summed E-state index contributed by atoms with van der Waals surface area (Å²) in [7, 11) is -3.83. The van der Waals surface area contributed by atoms with Crippen LogP contribution in [0.25, 0.3) is 0 Å². The van der Waals surface area contributed by atoms with Crippen molar-refractivity contribution in [1.82, 2.24) is 14.5 Å². The van der Waals surface area contributed by atoms with Gasteiger partial charge in [0.05, 0.1) is 11.4 Å². The molecule has 0 spiro atoms. The number of hydrogen-bond donors (Lipinski definition) is 2. The van der Waals surface area contributed by atoms with Crippen LogP contribution in [-0.2, 0) is 15.6 Å². The molecule has 0 saturated carbocycles. The second-order valence-corrected chi connectivity index (χ2v) is 10.3. The number of thiophene rings is 2. The minimum Gasteiger partial charge on any atom is -0.377 e. The molecule has 0 aliphatic carbocycles. The summed E-state index contributed by atoms with van der Waals surface area (Å²) in [5.41, 5.74) is -0.374. The molecule has 0 aliphatic heterocycles. The molecule has 3 rings (SSSR count). The lowest BCUT2D eigenvalue weighted by Gasteiger charge is -2.26. The number of aryl methyl sites for hydroxylation is 1. The van der Waals surface area contributed by atoms with Gasteiger partial charge in [0.2, 0.25) is 10.0 Å². The van der Waals surface area contributed by atoms with Crippen LogP contribution in [-0.4, -0.2) is 29.8 Å². The average Bonchev–Trinajstić information content (AvgIpc) is 3.34. The lowest BCUT2D eigenvalue weighted by molar-refractivity contribution is 0.0937. The SMILES string of the molecule is Cc1nn(C(C)C)c(C)c1S(=O)(=O)NCC(O)(c1cccs1)c1cccs1. The average molecular weight is 426 g/mol. The number of aliphatic hydroxyl groups is 1. The molecule has 0 unspecified atom stereocenters. The molecule has 0 aliphatic rings. The van der Waals surface area contributed by atoms with E-state index in [4.69, 9.17) is 0 Å². The van der Waals surface area contributed by atoms with E-state index in [0.717, 1.165) is 0 Å². The highest BCUT2D eigenvalue weighted by atomic mass is 32.2. The van der Waals surface area contributed by atoms with Crippen LogP contribution in [0.5, 0.6) is 0 Å². The molecule has 0 amide bonds. The molecule has 0 saturated heterocycles. The summed E-state index contributed by atoms with van der Waals surface area (Å²) in [6.07, 6.45) is 0. The van der Waals surface area contributed by atoms with Crippen LogP contribution >= 0.6 is 22.7 Å². The third kappa shape index (κ3) is 3.74. The van der Waals surface area contributed by atoms with Gasteiger partial charge in [0.25, 0.3) is 0 Å². The fourth-order valence-electron chi connectivity index (χ4n) is 3.13. The number of hydrogen-bond acceptors (Lipinski definition) is 6. The van der Waals surface area contributed by atoms with E-state index in [2.05, 4.69) is 9.82 Å². The Morgan fingerprint density at radius 2 is 1.74 bits per heavy atom. The van der Waals surface area contributed by atoms with Gasteiger partial charge in [-0.15, -0.1) is 22.7 Å². The zero-order chi connectivity index (χ0) is 19.8. The molecular weight excluding hydrogens is 402 g/mol. The molecule has 3 aromatic rings. The zero-order valence-electron chi connectivity index (χ0n) is 15.6. The van der Waals surface area contributed by atoms with Gasteiger partial charge in [-0.25, -0.2) is 13.1 Å². The van der Waals surface area contributed by atoms with Crippen molar-refractivity contribution in [2.45, 2.75) is 44.2 Å². The van der Waals surface area contributed by atoms with Crippen molar-refractivity contribution < 1.29 is 13.5 Å². The van der Waals surface area contributed by atoms with E-state index < -0.39 is 15.6 Å². The smallest absolute Gasteiger partial charge is 0.244 e. The Morgan fingerprint density at radius 3 is 2.15 bits per heavy atom. The summed E-state index contributed by atoms with van der Waals surface area (Å²) in [6, 6.07) is 7.36. The zero-order valence-corrected chi connectivity index (χ0v) is 18.1. The first-order chi connectivity index (χ1) is 12.7. The molecule has 3 heterocycles. The summed E-state index contributed by atoms with van der Waals surface area (Å²) in [5.74, 6) is 0. The number of nitrogens with one attached hydrogen (secondary N) is 1. The van der Waals surface area contributed by atoms with Gasteiger partial charge < -0.3 is 5.11 Å². The summed E-state index contributed by atoms with van der Waals surface area (Å²) in [4.78, 5) is 1.56. The minimum absolute atomic E-state index is 0.0572. The number of aromatic nitrogens is 2. The van der Waals surface area contributed by atoms with Crippen LogP contribution < -0.4 is 4.72 Å². The highest BCUT2D eigenvalue weighted by molar-refractivity contribution is 7.89. The Bertz CT molecular complexity index is 970. The molecule has 27 heavy (non-hydrogen) atoms. The van der Waals surface area contributed by atoms with Crippen molar-refractivity contribution in [3.05, 3.63) is 56.2 Å². The Labute approximate surface area is 167 Å². The van der Waals surface area contributed by atoms with Crippen molar-refractivity contribution in [2.75, 3.05) is 6.54 Å². The van der Waals surface area contributed by atoms with Crippen molar-refractivity contribution in [2.24, 2.45) is 0 Å². The first-order valence-corrected chi connectivity index (χ1v) is 11.8. The lowest BCUT2D eigenvalue weighted by atomic mass is 10.0. The van der Waals surface area contributed by atoms with Gasteiger partial charge in [-0.2, -0.15) is 5.10 Å². The summed E-state index contributed by atoms with van der Waals surface area (Å²) in [5, 5.41) is 19.4. The Morgan fingerprint density at radius 1 is 1.19 bits per heavy atom. The van der Waals surface area contributed by atoms with Crippen molar-refractivity contribution in [1.29, 1.82) is 0 Å². The summed E-state index contributed by atoms with van der Waals surface area (Å²) in [6.45, 7) is 7.19. The fraction of sp³-hybridized carbons (Fsp3) is 0.389. The lowest BCUT2D eigenvalue weighted by Crippen LogP contribution is -2.40. The van der Waals surface area contributed by atoms with Gasteiger partial charge in [0.1, 0.15) is 10.5 Å². The molecule has 0 aromatic carbocycles. The van der Waals surface area contributed by atoms with E-state index in [0.29, 0.717) is 21.1 Å². The van der Waals surface area contributed by atoms with Crippen LogP contribution in [0.4, 0.5) is 0 Å². The third-order valence-electron chi connectivity index (χ3n) is 4.39. The van der Waals surface area contributed by atoms with E-state index in [1.165, 1.54) is 22.7 Å². The second-order valence-electron chi connectivity index (χ2n) is 6.68. The van der Waals surface area contributed by atoms with Gasteiger partial charge >= 0.3 is 0 Å². The van der Waals surface area contributed by atoms with E-state index in [1.54, 1.807) is 18.5 Å². The molecule has 3 aromatic heterocycles. The first kappa shape index (κ1) is 20.2.